The Morgan fingerprint density at radius 3 is 2.57 bits per heavy atom. The molecule has 1 aliphatic heterocycles. The fourth-order valence-electron chi connectivity index (χ4n) is 2.94. The summed E-state index contributed by atoms with van der Waals surface area (Å²) >= 11 is 0. The van der Waals surface area contributed by atoms with Gasteiger partial charge in [0.1, 0.15) is 0 Å². The van der Waals surface area contributed by atoms with E-state index in [1.807, 2.05) is 18.2 Å². The molecule has 0 unspecified atom stereocenters. The minimum atomic E-state index is 0. The van der Waals surface area contributed by atoms with Gasteiger partial charge in [-0.05, 0) is 49.8 Å². The van der Waals surface area contributed by atoms with Gasteiger partial charge in [0.25, 0.3) is 0 Å². The molecule has 0 bridgehead atoms. The maximum Gasteiger partial charge on any atom is 0.231 e. The van der Waals surface area contributed by atoms with Crippen molar-refractivity contribution in [1.82, 2.24) is 15.5 Å². The summed E-state index contributed by atoms with van der Waals surface area (Å²) in [6, 6.07) is 14.6. The highest BCUT2D eigenvalue weighted by molar-refractivity contribution is 14.0. The lowest BCUT2D eigenvalue weighted by molar-refractivity contribution is 0.174. The molecule has 1 heterocycles. The fourth-order valence-corrected chi connectivity index (χ4v) is 2.94. The Bertz CT molecular complexity index is 796. The van der Waals surface area contributed by atoms with Gasteiger partial charge in [-0.3, -0.25) is 0 Å². The standard InChI is InChI=1S/C21H28N4O2.HI/c1-4-22-21(23-12-16-6-5-7-18(10-16)14-25(2)3)24-13-17-8-9-19-20(11-17)27-15-26-19;/h5-11H,4,12-15H2,1-3H3,(H2,22,23,24);1H. The van der Waals surface area contributed by atoms with Crippen molar-refractivity contribution in [1.29, 1.82) is 0 Å². The minimum Gasteiger partial charge on any atom is -0.454 e. The summed E-state index contributed by atoms with van der Waals surface area (Å²) in [5.41, 5.74) is 3.62. The SMILES string of the molecule is CCNC(=NCc1cccc(CN(C)C)c1)NCc1ccc2c(c1)OCO2.I. The first-order valence-electron chi connectivity index (χ1n) is 9.27. The Labute approximate surface area is 184 Å². The van der Waals surface area contributed by atoms with E-state index in [1.54, 1.807) is 0 Å². The lowest BCUT2D eigenvalue weighted by Gasteiger charge is -2.13. The van der Waals surface area contributed by atoms with E-state index in [0.717, 1.165) is 36.1 Å². The van der Waals surface area contributed by atoms with E-state index in [2.05, 4.69) is 60.8 Å². The highest BCUT2D eigenvalue weighted by atomic mass is 127. The van der Waals surface area contributed by atoms with Crippen LogP contribution in [-0.4, -0.2) is 38.3 Å². The van der Waals surface area contributed by atoms with E-state index in [1.165, 1.54) is 11.1 Å². The molecule has 3 rings (SSSR count). The third-order valence-electron chi connectivity index (χ3n) is 4.15. The molecule has 6 nitrogen and oxygen atoms in total. The number of nitrogens with zero attached hydrogens (tertiary/aromatic N) is 2. The molecule has 7 heteroatoms. The zero-order valence-corrected chi connectivity index (χ0v) is 19.0. The Kier molecular flexibility index (Phi) is 8.85. The van der Waals surface area contributed by atoms with Crippen molar-refractivity contribution >= 4 is 29.9 Å². The first kappa shape index (κ1) is 22.3. The van der Waals surface area contributed by atoms with Gasteiger partial charge in [-0.1, -0.05) is 30.3 Å². The molecule has 0 fully saturated rings. The van der Waals surface area contributed by atoms with Gasteiger partial charge >= 0.3 is 0 Å². The molecule has 2 N–H and O–H groups in total. The summed E-state index contributed by atoms with van der Waals surface area (Å²) in [5, 5.41) is 6.68. The number of hydrogen-bond donors (Lipinski definition) is 2. The molecule has 28 heavy (non-hydrogen) atoms. The lowest BCUT2D eigenvalue weighted by Crippen LogP contribution is -2.36. The summed E-state index contributed by atoms with van der Waals surface area (Å²) in [5.74, 6) is 2.40. The molecule has 0 radical (unpaired) electrons. The van der Waals surface area contributed by atoms with E-state index in [0.29, 0.717) is 19.9 Å². The second-order valence-electron chi connectivity index (χ2n) is 6.79. The zero-order chi connectivity index (χ0) is 19.1. The molecule has 0 saturated carbocycles. The number of halogens is 1. The predicted octanol–water partition coefficient (Wildman–Crippen LogP) is 3.35. The van der Waals surface area contributed by atoms with Gasteiger partial charge in [-0.25, -0.2) is 4.99 Å². The molecule has 0 aliphatic carbocycles. The number of benzene rings is 2. The van der Waals surface area contributed by atoms with Crippen molar-refractivity contribution in [3.8, 4) is 11.5 Å². The Hall–Kier alpha value is -2.00. The van der Waals surface area contributed by atoms with Gasteiger partial charge in [0.05, 0.1) is 6.54 Å². The summed E-state index contributed by atoms with van der Waals surface area (Å²) in [6.45, 7) is 5.41. The number of aliphatic imine (C=N–C) groups is 1. The van der Waals surface area contributed by atoms with Crippen molar-refractivity contribution in [2.24, 2.45) is 4.99 Å². The molecule has 152 valence electrons. The van der Waals surface area contributed by atoms with Crippen LogP contribution in [0.2, 0.25) is 0 Å². The van der Waals surface area contributed by atoms with Crippen molar-refractivity contribution in [3.63, 3.8) is 0 Å². The van der Waals surface area contributed by atoms with Gasteiger partial charge in [-0.2, -0.15) is 0 Å². The first-order chi connectivity index (χ1) is 13.1. The van der Waals surface area contributed by atoms with Crippen LogP contribution >= 0.6 is 24.0 Å². The van der Waals surface area contributed by atoms with E-state index < -0.39 is 0 Å². The zero-order valence-electron chi connectivity index (χ0n) is 16.7. The van der Waals surface area contributed by atoms with E-state index in [-0.39, 0.29) is 24.0 Å². The molecule has 0 spiro atoms. The van der Waals surface area contributed by atoms with Gasteiger partial charge in [0, 0.05) is 19.6 Å². The largest absolute Gasteiger partial charge is 0.454 e. The normalized spacial score (nSPS) is 12.6. The van der Waals surface area contributed by atoms with Crippen LogP contribution in [0.25, 0.3) is 0 Å². The number of fused-ring (bicyclic) bond motifs is 1. The van der Waals surface area contributed by atoms with Crippen molar-refractivity contribution in [2.75, 3.05) is 27.4 Å². The number of ether oxygens (including phenoxy) is 2. The van der Waals surface area contributed by atoms with Gasteiger partial charge in [-0.15, -0.1) is 24.0 Å². The van der Waals surface area contributed by atoms with E-state index in [9.17, 15) is 0 Å². The van der Waals surface area contributed by atoms with Crippen LogP contribution in [0.5, 0.6) is 11.5 Å². The maximum atomic E-state index is 5.44. The summed E-state index contributed by atoms with van der Waals surface area (Å²) in [6.07, 6.45) is 0. The lowest BCUT2D eigenvalue weighted by atomic mass is 10.1. The molecule has 0 aromatic heterocycles. The topological polar surface area (TPSA) is 58.1 Å². The highest BCUT2D eigenvalue weighted by Crippen LogP contribution is 2.32. The van der Waals surface area contributed by atoms with Crippen LogP contribution in [0, 0.1) is 0 Å². The second-order valence-corrected chi connectivity index (χ2v) is 6.79. The summed E-state index contributed by atoms with van der Waals surface area (Å²) in [4.78, 5) is 6.88. The third kappa shape index (κ3) is 6.56. The molecular weight excluding hydrogens is 467 g/mol. The van der Waals surface area contributed by atoms with Crippen LogP contribution in [0.4, 0.5) is 0 Å². The Morgan fingerprint density at radius 1 is 1.00 bits per heavy atom. The third-order valence-corrected chi connectivity index (χ3v) is 4.15. The van der Waals surface area contributed by atoms with E-state index >= 15 is 0 Å². The molecule has 0 amide bonds. The van der Waals surface area contributed by atoms with Crippen molar-refractivity contribution < 1.29 is 9.47 Å². The van der Waals surface area contributed by atoms with Crippen LogP contribution in [-0.2, 0) is 19.6 Å². The van der Waals surface area contributed by atoms with Gasteiger partial charge in [0.15, 0.2) is 17.5 Å². The van der Waals surface area contributed by atoms with Gasteiger partial charge < -0.3 is 25.0 Å². The molecule has 1 aliphatic rings. The fraction of sp³-hybridized carbons (Fsp3) is 0.381. The number of guanidine groups is 1. The molecule has 0 saturated heterocycles. The second kappa shape index (κ2) is 11.1. The van der Waals surface area contributed by atoms with Gasteiger partial charge in [0.2, 0.25) is 6.79 Å². The molecule has 0 atom stereocenters. The van der Waals surface area contributed by atoms with Crippen LogP contribution < -0.4 is 20.1 Å². The van der Waals surface area contributed by atoms with Crippen molar-refractivity contribution in [3.05, 3.63) is 59.2 Å². The van der Waals surface area contributed by atoms with Crippen molar-refractivity contribution in [2.45, 2.75) is 26.6 Å². The molecule has 2 aromatic rings. The highest BCUT2D eigenvalue weighted by Gasteiger charge is 2.13. The molecule has 2 aromatic carbocycles. The smallest absolute Gasteiger partial charge is 0.231 e. The number of nitrogens with one attached hydrogen (secondary N) is 2. The minimum absolute atomic E-state index is 0. The average molecular weight is 496 g/mol. The monoisotopic (exact) mass is 496 g/mol. The summed E-state index contributed by atoms with van der Waals surface area (Å²) in [7, 11) is 4.16. The number of rotatable bonds is 7. The first-order valence-corrected chi connectivity index (χ1v) is 9.27. The summed E-state index contributed by atoms with van der Waals surface area (Å²) < 4.78 is 10.8. The van der Waals surface area contributed by atoms with E-state index in [4.69, 9.17) is 14.5 Å². The Balaban J connectivity index is 0.00000280. The quantitative estimate of drug-likeness (QED) is 0.350. The molecular formula is C21H29IN4O2. The van der Waals surface area contributed by atoms with Crippen LogP contribution in [0.1, 0.15) is 23.6 Å². The maximum absolute atomic E-state index is 5.44. The van der Waals surface area contributed by atoms with Crippen LogP contribution in [0.15, 0.2) is 47.5 Å². The average Bonchev–Trinajstić information content (AvgIpc) is 3.11. The Morgan fingerprint density at radius 2 is 1.79 bits per heavy atom. The predicted molar refractivity (Wildman–Crippen MR) is 123 cm³/mol. The number of hydrogen-bond acceptors (Lipinski definition) is 4. The van der Waals surface area contributed by atoms with Crippen LogP contribution in [0.3, 0.4) is 0 Å².